The van der Waals surface area contributed by atoms with E-state index < -0.39 is 52.8 Å². The molecule has 2 atom stereocenters. The van der Waals surface area contributed by atoms with E-state index in [2.05, 4.69) is 16.0 Å². The van der Waals surface area contributed by atoms with Crippen LogP contribution in [0.25, 0.3) is 0 Å². The number of esters is 3. The average Bonchev–Trinajstić information content (AvgIpc) is 2.75. The summed E-state index contributed by atoms with van der Waals surface area (Å²) in [7, 11) is 0. The molecule has 0 spiro atoms. The SMILES string of the molecule is CC(C)(C)OC(=O)CCC(NC(=O)N[C@H](CCC(=O)NCCCCCN)C(=O)OC(C)(C)C)C(=O)OC(C)(C)C. The summed E-state index contributed by atoms with van der Waals surface area (Å²) < 4.78 is 16.1. The Morgan fingerprint density at radius 3 is 1.52 bits per heavy atom. The van der Waals surface area contributed by atoms with Gasteiger partial charge in [0.05, 0.1) is 0 Å². The van der Waals surface area contributed by atoms with E-state index in [4.69, 9.17) is 19.9 Å². The summed E-state index contributed by atoms with van der Waals surface area (Å²) in [6.45, 7) is 16.3. The van der Waals surface area contributed by atoms with Crippen LogP contribution in [0.2, 0.25) is 0 Å². The second-order valence-corrected chi connectivity index (χ2v) is 12.7. The number of ether oxygens (including phenoxy) is 3. The van der Waals surface area contributed by atoms with Gasteiger partial charge in [-0.25, -0.2) is 14.4 Å². The van der Waals surface area contributed by atoms with Crippen molar-refractivity contribution in [3.8, 4) is 0 Å². The molecule has 3 amide bonds. The van der Waals surface area contributed by atoms with Crippen LogP contribution < -0.4 is 21.7 Å². The van der Waals surface area contributed by atoms with Crippen LogP contribution in [0.4, 0.5) is 4.79 Å². The second-order valence-electron chi connectivity index (χ2n) is 12.7. The first kappa shape index (κ1) is 37.1. The van der Waals surface area contributed by atoms with Crippen molar-refractivity contribution in [2.24, 2.45) is 5.73 Å². The summed E-state index contributed by atoms with van der Waals surface area (Å²) in [6.07, 6.45) is 2.27. The molecule has 0 bridgehead atoms. The van der Waals surface area contributed by atoms with Crippen molar-refractivity contribution in [3.05, 3.63) is 0 Å². The van der Waals surface area contributed by atoms with E-state index in [0.717, 1.165) is 19.3 Å². The van der Waals surface area contributed by atoms with Crippen molar-refractivity contribution >= 4 is 29.8 Å². The van der Waals surface area contributed by atoms with Crippen LogP contribution in [0.3, 0.4) is 0 Å². The van der Waals surface area contributed by atoms with Gasteiger partial charge in [0.2, 0.25) is 5.91 Å². The molecule has 0 aromatic heterocycles. The Morgan fingerprint density at radius 2 is 1.10 bits per heavy atom. The smallest absolute Gasteiger partial charge is 0.329 e. The Labute approximate surface area is 239 Å². The van der Waals surface area contributed by atoms with Crippen LogP contribution in [0, 0.1) is 0 Å². The molecule has 12 nitrogen and oxygen atoms in total. The summed E-state index contributed by atoms with van der Waals surface area (Å²) in [5, 5.41) is 7.79. The Hall–Kier alpha value is -2.89. The Balaban J connectivity index is 5.42. The van der Waals surface area contributed by atoms with Gasteiger partial charge in [0.15, 0.2) is 0 Å². The zero-order valence-electron chi connectivity index (χ0n) is 25.9. The molecule has 0 aromatic carbocycles. The molecule has 0 aliphatic carbocycles. The monoisotopic (exact) mass is 572 g/mol. The Morgan fingerprint density at radius 1 is 0.650 bits per heavy atom. The molecule has 0 radical (unpaired) electrons. The lowest BCUT2D eigenvalue weighted by Crippen LogP contribution is -2.53. The summed E-state index contributed by atoms with van der Waals surface area (Å²) in [6, 6.07) is -3.20. The highest BCUT2D eigenvalue weighted by Gasteiger charge is 2.31. The Kier molecular flexibility index (Phi) is 15.8. The van der Waals surface area contributed by atoms with Gasteiger partial charge in [0.1, 0.15) is 28.9 Å². The number of hydrogen-bond donors (Lipinski definition) is 4. The van der Waals surface area contributed by atoms with E-state index in [0.29, 0.717) is 13.1 Å². The number of nitrogens with one attached hydrogen (secondary N) is 3. The molecule has 0 aliphatic heterocycles. The molecule has 0 saturated heterocycles. The molecule has 0 heterocycles. The maximum atomic E-state index is 12.9. The van der Waals surface area contributed by atoms with Crippen molar-refractivity contribution in [3.63, 3.8) is 0 Å². The van der Waals surface area contributed by atoms with Gasteiger partial charge in [-0.1, -0.05) is 6.42 Å². The number of carbonyl (C=O) groups excluding carboxylic acids is 5. The third kappa shape index (κ3) is 20.1. The summed E-state index contributed by atoms with van der Waals surface area (Å²) in [5.74, 6) is -2.27. The topological polar surface area (TPSA) is 175 Å². The lowest BCUT2D eigenvalue weighted by Gasteiger charge is -2.27. The van der Waals surface area contributed by atoms with Crippen LogP contribution in [-0.4, -0.2) is 71.8 Å². The number of rotatable bonds is 15. The number of unbranched alkanes of at least 4 members (excludes halogenated alkanes) is 2. The zero-order valence-corrected chi connectivity index (χ0v) is 25.9. The lowest BCUT2D eigenvalue weighted by molar-refractivity contribution is -0.159. The Bertz CT molecular complexity index is 841. The van der Waals surface area contributed by atoms with E-state index in [1.54, 1.807) is 62.3 Å². The molecule has 232 valence electrons. The largest absolute Gasteiger partial charge is 0.460 e. The van der Waals surface area contributed by atoms with Gasteiger partial charge in [0, 0.05) is 19.4 Å². The fourth-order valence-corrected chi connectivity index (χ4v) is 3.29. The van der Waals surface area contributed by atoms with Gasteiger partial charge in [-0.15, -0.1) is 0 Å². The van der Waals surface area contributed by atoms with Gasteiger partial charge in [-0.2, -0.15) is 0 Å². The van der Waals surface area contributed by atoms with Crippen LogP contribution >= 0.6 is 0 Å². The van der Waals surface area contributed by atoms with E-state index in [1.807, 2.05) is 0 Å². The van der Waals surface area contributed by atoms with Gasteiger partial charge < -0.3 is 35.9 Å². The first-order chi connectivity index (χ1) is 18.2. The molecule has 40 heavy (non-hydrogen) atoms. The van der Waals surface area contributed by atoms with Crippen molar-refractivity contribution in [1.29, 1.82) is 0 Å². The molecular weight excluding hydrogens is 520 g/mol. The van der Waals surface area contributed by atoms with Crippen molar-refractivity contribution in [2.45, 2.75) is 136 Å². The van der Waals surface area contributed by atoms with Crippen LogP contribution in [0.5, 0.6) is 0 Å². The van der Waals surface area contributed by atoms with Crippen LogP contribution in [0.15, 0.2) is 0 Å². The molecule has 0 rings (SSSR count). The van der Waals surface area contributed by atoms with Gasteiger partial charge in [-0.3, -0.25) is 9.59 Å². The summed E-state index contributed by atoms with van der Waals surface area (Å²) >= 11 is 0. The predicted octanol–water partition coefficient (Wildman–Crippen LogP) is 2.85. The minimum Gasteiger partial charge on any atom is -0.460 e. The standard InChI is InChI=1S/C28H52N4O8/c1-26(2,3)38-22(34)16-14-20(24(36)40-28(7,8)9)32-25(37)31-19(23(35)39-27(4,5)6)13-15-21(33)30-18-12-10-11-17-29/h19-20H,10-18,29H2,1-9H3,(H,30,33)(H2,31,32,37)/t19-,20?/m1/s1. The highest BCUT2D eigenvalue weighted by molar-refractivity contribution is 5.88. The van der Waals surface area contributed by atoms with Crippen molar-refractivity contribution in [1.82, 2.24) is 16.0 Å². The molecule has 0 aliphatic rings. The van der Waals surface area contributed by atoms with Crippen molar-refractivity contribution in [2.75, 3.05) is 13.1 Å². The van der Waals surface area contributed by atoms with E-state index >= 15 is 0 Å². The fourth-order valence-electron chi connectivity index (χ4n) is 3.29. The van der Waals surface area contributed by atoms with Crippen molar-refractivity contribution < 1.29 is 38.2 Å². The average molecular weight is 573 g/mol. The molecule has 0 saturated carbocycles. The maximum Gasteiger partial charge on any atom is 0.329 e. The number of nitrogens with two attached hydrogens (primary N) is 1. The molecule has 12 heteroatoms. The van der Waals surface area contributed by atoms with Crippen LogP contribution in [-0.2, 0) is 33.4 Å². The fraction of sp³-hybridized carbons (Fsp3) is 0.821. The second kappa shape index (κ2) is 17.0. The summed E-state index contributed by atoms with van der Waals surface area (Å²) in [5.41, 5.74) is 3.10. The zero-order chi connectivity index (χ0) is 31.1. The van der Waals surface area contributed by atoms with E-state index in [-0.39, 0.29) is 31.6 Å². The normalized spacial score (nSPS) is 13.4. The number of hydrogen-bond acceptors (Lipinski definition) is 9. The molecule has 1 unspecified atom stereocenters. The van der Waals surface area contributed by atoms with Crippen LogP contribution in [0.1, 0.15) is 107 Å². The van der Waals surface area contributed by atoms with E-state index in [9.17, 15) is 24.0 Å². The van der Waals surface area contributed by atoms with E-state index in [1.165, 1.54) is 0 Å². The summed E-state index contributed by atoms with van der Waals surface area (Å²) in [4.78, 5) is 63.1. The number of urea groups is 1. The first-order valence-corrected chi connectivity index (χ1v) is 13.9. The third-order valence-electron chi connectivity index (χ3n) is 4.91. The maximum absolute atomic E-state index is 12.9. The first-order valence-electron chi connectivity index (χ1n) is 13.9. The molecular formula is C28H52N4O8. The lowest BCUT2D eigenvalue weighted by atomic mass is 10.1. The third-order valence-corrected chi connectivity index (χ3v) is 4.91. The van der Waals surface area contributed by atoms with Gasteiger partial charge in [0.25, 0.3) is 0 Å². The quantitative estimate of drug-likeness (QED) is 0.131. The minimum absolute atomic E-state index is 0.0218. The molecule has 0 fully saturated rings. The number of carbonyl (C=O) groups is 5. The minimum atomic E-state index is -1.19. The highest BCUT2D eigenvalue weighted by atomic mass is 16.6. The highest BCUT2D eigenvalue weighted by Crippen LogP contribution is 2.14. The number of amides is 3. The molecule has 0 aromatic rings. The predicted molar refractivity (Wildman–Crippen MR) is 151 cm³/mol. The molecule has 5 N–H and O–H groups in total. The van der Waals surface area contributed by atoms with Gasteiger partial charge >= 0.3 is 23.9 Å². The van der Waals surface area contributed by atoms with Gasteiger partial charge in [-0.05, 0) is 94.5 Å².